The van der Waals surface area contributed by atoms with Crippen LogP contribution in [-0.2, 0) is 0 Å². The van der Waals surface area contributed by atoms with Crippen LogP contribution in [0, 0.1) is 18.3 Å². The number of hydrogen-bond acceptors (Lipinski definition) is 3. The molecule has 0 aliphatic carbocycles. The van der Waals surface area contributed by atoms with E-state index in [9.17, 15) is 4.79 Å². The molecule has 1 atom stereocenters. The van der Waals surface area contributed by atoms with Gasteiger partial charge in [0, 0.05) is 17.9 Å². The van der Waals surface area contributed by atoms with Gasteiger partial charge in [0.1, 0.15) is 0 Å². The second-order valence-corrected chi connectivity index (χ2v) is 3.58. The van der Waals surface area contributed by atoms with E-state index in [1.807, 2.05) is 6.92 Å². The van der Waals surface area contributed by atoms with Gasteiger partial charge in [-0.05, 0) is 25.5 Å². The van der Waals surface area contributed by atoms with E-state index in [0.29, 0.717) is 17.7 Å². The van der Waals surface area contributed by atoms with Gasteiger partial charge in [-0.3, -0.25) is 9.78 Å². The Bertz CT molecular complexity index is 409. The average molecular weight is 217 g/mol. The molecular weight excluding hydrogens is 202 g/mol. The fourth-order valence-corrected chi connectivity index (χ4v) is 1.39. The highest BCUT2D eigenvalue weighted by Gasteiger charge is 2.13. The molecule has 1 rings (SSSR count). The molecule has 1 amide bonds. The summed E-state index contributed by atoms with van der Waals surface area (Å²) in [6.45, 7) is 3.73. The van der Waals surface area contributed by atoms with E-state index in [1.165, 1.54) is 0 Å². The molecule has 1 N–H and O–H groups in total. The van der Waals surface area contributed by atoms with Crippen molar-refractivity contribution in [2.45, 2.75) is 32.7 Å². The van der Waals surface area contributed by atoms with Crippen LogP contribution >= 0.6 is 0 Å². The smallest absolute Gasteiger partial charge is 0.253 e. The molecule has 0 aliphatic rings. The molecule has 1 unspecified atom stereocenters. The summed E-state index contributed by atoms with van der Waals surface area (Å²) in [6, 6.07) is 5.44. The van der Waals surface area contributed by atoms with Crippen LogP contribution in [0.5, 0.6) is 0 Å². The molecule has 1 aromatic heterocycles. The number of nitrogens with zero attached hydrogens (tertiary/aromatic N) is 2. The van der Waals surface area contributed by atoms with Crippen LogP contribution < -0.4 is 5.32 Å². The Hall–Kier alpha value is -1.89. The van der Waals surface area contributed by atoms with Crippen LogP contribution in [0.4, 0.5) is 0 Å². The molecule has 0 aromatic carbocycles. The highest BCUT2D eigenvalue weighted by atomic mass is 16.1. The number of carbonyl (C=O) groups is 1. The summed E-state index contributed by atoms with van der Waals surface area (Å²) in [4.78, 5) is 15.9. The van der Waals surface area contributed by atoms with Crippen LogP contribution in [0.3, 0.4) is 0 Å². The molecule has 0 spiro atoms. The van der Waals surface area contributed by atoms with Crippen LogP contribution in [-0.4, -0.2) is 16.9 Å². The number of hydrogen-bond donors (Lipinski definition) is 1. The molecule has 0 bridgehead atoms. The third-order valence-corrected chi connectivity index (χ3v) is 2.42. The Morgan fingerprint density at radius 2 is 2.44 bits per heavy atom. The second kappa shape index (κ2) is 5.86. The summed E-state index contributed by atoms with van der Waals surface area (Å²) in [7, 11) is 0. The van der Waals surface area contributed by atoms with Gasteiger partial charge in [-0.2, -0.15) is 5.26 Å². The first-order chi connectivity index (χ1) is 7.69. The monoisotopic (exact) mass is 217 g/mol. The number of carbonyl (C=O) groups excluding carboxylic acids is 1. The molecule has 4 heteroatoms. The Morgan fingerprint density at radius 3 is 3.00 bits per heavy atom. The normalized spacial score (nSPS) is 11.6. The van der Waals surface area contributed by atoms with Gasteiger partial charge in [-0.15, -0.1) is 0 Å². The van der Waals surface area contributed by atoms with Crippen LogP contribution in [0.25, 0.3) is 0 Å². The molecule has 4 nitrogen and oxygen atoms in total. The number of amides is 1. The zero-order valence-corrected chi connectivity index (χ0v) is 9.53. The average Bonchev–Trinajstić information content (AvgIpc) is 2.28. The zero-order valence-electron chi connectivity index (χ0n) is 9.53. The Labute approximate surface area is 95.3 Å². The topological polar surface area (TPSA) is 65.8 Å². The molecule has 84 valence electrons. The maximum Gasteiger partial charge on any atom is 0.253 e. The summed E-state index contributed by atoms with van der Waals surface area (Å²) in [6.07, 6.45) is 2.73. The molecule has 0 radical (unpaired) electrons. The highest BCUT2D eigenvalue weighted by Crippen LogP contribution is 2.05. The largest absolute Gasteiger partial charge is 0.348 e. The van der Waals surface area contributed by atoms with Gasteiger partial charge < -0.3 is 5.32 Å². The van der Waals surface area contributed by atoms with Gasteiger partial charge in [0.25, 0.3) is 5.91 Å². The first kappa shape index (κ1) is 12.2. The van der Waals surface area contributed by atoms with Crippen molar-refractivity contribution in [1.29, 1.82) is 5.26 Å². The van der Waals surface area contributed by atoms with Gasteiger partial charge >= 0.3 is 0 Å². The number of rotatable bonds is 4. The Kier molecular flexibility index (Phi) is 4.46. The van der Waals surface area contributed by atoms with Crippen molar-refractivity contribution in [3.05, 3.63) is 29.6 Å². The summed E-state index contributed by atoms with van der Waals surface area (Å²) < 4.78 is 0. The lowest BCUT2D eigenvalue weighted by atomic mass is 10.1. The molecule has 0 saturated heterocycles. The van der Waals surface area contributed by atoms with E-state index < -0.39 is 0 Å². The first-order valence-corrected chi connectivity index (χ1v) is 5.28. The fraction of sp³-hybridized carbons (Fsp3) is 0.417. The molecule has 1 heterocycles. The minimum absolute atomic E-state index is 0.0860. The first-order valence-electron chi connectivity index (χ1n) is 5.28. The highest BCUT2D eigenvalue weighted by molar-refractivity contribution is 5.95. The van der Waals surface area contributed by atoms with Crippen molar-refractivity contribution in [2.75, 3.05) is 0 Å². The van der Waals surface area contributed by atoms with E-state index in [2.05, 4.69) is 16.4 Å². The number of nitriles is 1. The van der Waals surface area contributed by atoms with Crippen LogP contribution in [0.15, 0.2) is 18.3 Å². The maximum absolute atomic E-state index is 11.8. The molecular formula is C12H15N3O. The van der Waals surface area contributed by atoms with Gasteiger partial charge in [0.05, 0.1) is 18.1 Å². The van der Waals surface area contributed by atoms with Crippen LogP contribution in [0.2, 0.25) is 0 Å². The SMILES string of the molecule is CCC(CC#N)NC(=O)c1cccnc1C. The second-order valence-electron chi connectivity index (χ2n) is 3.58. The number of nitrogens with one attached hydrogen (secondary N) is 1. The number of pyridine rings is 1. The predicted octanol–water partition coefficient (Wildman–Crippen LogP) is 1.81. The van der Waals surface area contributed by atoms with E-state index in [0.717, 1.165) is 6.42 Å². The summed E-state index contributed by atoms with van der Waals surface area (Å²) in [5.41, 5.74) is 1.27. The van der Waals surface area contributed by atoms with E-state index in [4.69, 9.17) is 5.26 Å². The lowest BCUT2D eigenvalue weighted by Gasteiger charge is -2.14. The number of aryl methyl sites for hydroxylation is 1. The quantitative estimate of drug-likeness (QED) is 0.836. The molecule has 1 aromatic rings. The van der Waals surface area contributed by atoms with E-state index in [-0.39, 0.29) is 11.9 Å². The lowest BCUT2D eigenvalue weighted by molar-refractivity contribution is 0.0935. The lowest BCUT2D eigenvalue weighted by Crippen LogP contribution is -2.34. The van der Waals surface area contributed by atoms with Gasteiger partial charge in [0.15, 0.2) is 0 Å². The van der Waals surface area contributed by atoms with E-state index >= 15 is 0 Å². The number of aromatic nitrogens is 1. The molecule has 0 saturated carbocycles. The van der Waals surface area contributed by atoms with Crippen molar-refractivity contribution < 1.29 is 4.79 Å². The van der Waals surface area contributed by atoms with Gasteiger partial charge in [-0.25, -0.2) is 0 Å². The molecule has 0 fully saturated rings. The standard InChI is InChI=1S/C12H15N3O/c1-3-10(6-7-13)15-12(16)11-5-4-8-14-9(11)2/h4-5,8,10H,3,6H2,1-2H3,(H,15,16). The fourth-order valence-electron chi connectivity index (χ4n) is 1.39. The van der Waals surface area contributed by atoms with Crippen molar-refractivity contribution in [2.24, 2.45) is 0 Å². The molecule has 16 heavy (non-hydrogen) atoms. The third kappa shape index (κ3) is 3.06. The minimum Gasteiger partial charge on any atom is -0.348 e. The van der Waals surface area contributed by atoms with Crippen molar-refractivity contribution in [3.63, 3.8) is 0 Å². The van der Waals surface area contributed by atoms with Crippen molar-refractivity contribution >= 4 is 5.91 Å². The third-order valence-electron chi connectivity index (χ3n) is 2.42. The summed E-state index contributed by atoms with van der Waals surface area (Å²) in [5, 5.41) is 11.4. The minimum atomic E-state index is -0.160. The summed E-state index contributed by atoms with van der Waals surface area (Å²) in [5.74, 6) is -0.160. The van der Waals surface area contributed by atoms with Gasteiger partial charge in [-0.1, -0.05) is 6.92 Å². The van der Waals surface area contributed by atoms with Crippen LogP contribution in [0.1, 0.15) is 35.8 Å². The maximum atomic E-state index is 11.8. The van der Waals surface area contributed by atoms with Gasteiger partial charge in [0.2, 0.25) is 0 Å². The van der Waals surface area contributed by atoms with Crippen molar-refractivity contribution in [3.8, 4) is 6.07 Å². The Morgan fingerprint density at radius 1 is 1.69 bits per heavy atom. The summed E-state index contributed by atoms with van der Waals surface area (Å²) >= 11 is 0. The van der Waals surface area contributed by atoms with Crippen molar-refractivity contribution in [1.82, 2.24) is 10.3 Å². The Balaban J connectivity index is 2.73. The van der Waals surface area contributed by atoms with E-state index in [1.54, 1.807) is 25.3 Å². The zero-order chi connectivity index (χ0) is 12.0. The molecule has 0 aliphatic heterocycles. The predicted molar refractivity (Wildman–Crippen MR) is 60.7 cm³/mol.